The summed E-state index contributed by atoms with van der Waals surface area (Å²) in [6.45, 7) is 10.2. The van der Waals surface area contributed by atoms with Crippen LogP contribution >= 0.6 is 0 Å². The molecule has 6 aliphatic heterocycles. The standard InChI is InChI=1S/C42H53N5O9.C34H46N4O8.CO2/c1-4-20-55-42(51)47-33-26-37(36(52-3)25-31(33)40(50)46-19-9-7-12-32(46)41(47)56-39-14-8-11-22-54-39)53-21-10-5-6-13-38(49)44-30-24-34(45(2)27-30)35(48)23-28-15-17-29(43)18-16-28;1-4-18-45-34(41)38-27-22-29(43-19-10-5-6-13-30(39)35-24-15-17-36(2)23-24)28(42-3)21-25(27)32(40)37-16-9-7-12-26(37)33(38)46-31-14-8-11-20-44-31;2-1-3/h4,15-18,24-27,32,39,41H,1,5-14,19-23,43H2,2-3H3,(H,44,49);4,15,17,21-23,26,31,33H,1,5-14,16,18-20H2,2-3H3,(H,35,39);/t32-,39?,41?;26-,31?,33?;/m00./s1. The third-order valence-electron chi connectivity index (χ3n) is 18.9. The number of hydrogen-bond acceptors (Lipinski definition) is 20. The number of nitrogen functional groups attached to an aromatic ring is 1. The molecule has 0 spiro atoms. The Bertz CT molecular complexity index is 3820. The summed E-state index contributed by atoms with van der Waals surface area (Å²) in [5.74, 6) is 0.832. The number of aromatic nitrogens is 2. The number of hydrogen-bond donors (Lipinski definition) is 3. The molecule has 566 valence electrons. The molecule has 6 amide bonds. The number of fused-ring (bicyclic) bond motifs is 4. The van der Waals surface area contributed by atoms with Crippen LogP contribution in [0.25, 0.3) is 0 Å². The molecule has 4 N–H and O–H groups in total. The molecule has 4 unspecified atom stereocenters. The lowest BCUT2D eigenvalue weighted by molar-refractivity contribution is -0.199. The first kappa shape index (κ1) is 79.1. The molecule has 0 aliphatic carbocycles. The second-order valence-electron chi connectivity index (χ2n) is 26.4. The number of rotatable bonds is 29. The summed E-state index contributed by atoms with van der Waals surface area (Å²) < 4.78 is 63.5. The first-order valence-electron chi connectivity index (χ1n) is 36.2. The van der Waals surface area contributed by atoms with Crippen molar-refractivity contribution in [3.05, 3.63) is 127 Å². The first-order chi connectivity index (χ1) is 51.0. The number of aryl methyl sites for hydroxylation is 2. The number of amides is 6. The molecule has 28 heteroatoms. The molecule has 105 heavy (non-hydrogen) atoms. The van der Waals surface area contributed by atoms with Gasteiger partial charge in [-0.2, -0.15) is 9.59 Å². The third kappa shape index (κ3) is 21.4. The van der Waals surface area contributed by atoms with Crippen LogP contribution in [0.3, 0.4) is 0 Å². The maximum absolute atomic E-state index is 14.2. The van der Waals surface area contributed by atoms with Gasteiger partial charge in [0.2, 0.25) is 11.8 Å². The lowest BCUT2D eigenvalue weighted by Crippen LogP contribution is -2.57. The number of nitrogens with two attached hydrogens (primary N) is 1. The molecule has 0 radical (unpaired) electrons. The summed E-state index contributed by atoms with van der Waals surface area (Å²) in [6, 6.07) is 16.5. The number of carbonyl (C=O) groups excluding carboxylic acids is 9. The molecule has 3 aromatic carbocycles. The van der Waals surface area contributed by atoms with E-state index in [0.717, 1.165) is 69.0 Å². The van der Waals surface area contributed by atoms with E-state index in [9.17, 15) is 33.6 Å². The number of methoxy groups -OCH3 is 2. The Kier molecular flexibility index (Phi) is 30.0. The number of carbonyl (C=O) groups is 7. The van der Waals surface area contributed by atoms with Crippen molar-refractivity contribution in [1.29, 1.82) is 0 Å². The van der Waals surface area contributed by atoms with E-state index in [1.807, 2.05) is 47.1 Å². The SMILES string of the molecule is C=CCOC(=O)N1c2cc(OCCCCCC(=O)Nc3cc(C(=O)Cc4ccc(N)cc4)n(C)c3)c(OC)cc2C(=O)N2CCCC[C@H]2C1OC1CCCCO1.C=CCOC(=O)N1c2cc(OCCCCCC(=O)Nc3ccn(C)c3)c(OC)cc2C(=O)N2CCCC[C@H]2C1OC1CCCCO1.O=C=O. The third-order valence-corrected chi connectivity index (χ3v) is 18.9. The van der Waals surface area contributed by atoms with Gasteiger partial charge in [0.05, 0.1) is 79.1 Å². The summed E-state index contributed by atoms with van der Waals surface area (Å²) in [7, 11) is 6.71. The molecular formula is C77H99N9O19. The van der Waals surface area contributed by atoms with E-state index in [4.69, 9.17) is 62.7 Å². The summed E-state index contributed by atoms with van der Waals surface area (Å²) >= 11 is 0. The van der Waals surface area contributed by atoms with Crippen molar-refractivity contribution in [2.75, 3.05) is 93.1 Å². The highest BCUT2D eigenvalue weighted by atomic mass is 16.7. The minimum Gasteiger partial charge on any atom is -0.493 e. The highest BCUT2D eigenvalue weighted by molar-refractivity contribution is 6.07. The van der Waals surface area contributed by atoms with Crippen molar-refractivity contribution in [3.8, 4) is 23.0 Å². The van der Waals surface area contributed by atoms with Gasteiger partial charge in [0.25, 0.3) is 11.8 Å². The molecule has 5 aromatic rings. The minimum atomic E-state index is -0.856. The Morgan fingerprint density at radius 1 is 0.590 bits per heavy atom. The zero-order valence-electron chi connectivity index (χ0n) is 60.6. The van der Waals surface area contributed by atoms with Crippen molar-refractivity contribution in [3.63, 3.8) is 0 Å². The number of Topliss-reactive ketones (excluding diaryl/α,β-unsaturated/α-hetero) is 1. The van der Waals surface area contributed by atoms with Gasteiger partial charge in [0.15, 0.2) is 53.8 Å². The van der Waals surface area contributed by atoms with Crippen LogP contribution in [0.5, 0.6) is 23.0 Å². The van der Waals surface area contributed by atoms with Gasteiger partial charge >= 0.3 is 18.3 Å². The first-order valence-corrected chi connectivity index (χ1v) is 36.2. The van der Waals surface area contributed by atoms with E-state index >= 15 is 0 Å². The highest BCUT2D eigenvalue weighted by Gasteiger charge is 2.49. The van der Waals surface area contributed by atoms with E-state index < -0.39 is 43.3 Å². The fraction of sp³-hybridized carbons (Fsp3) is 0.506. The predicted molar refractivity (Wildman–Crippen MR) is 388 cm³/mol. The van der Waals surface area contributed by atoms with Gasteiger partial charge in [-0.3, -0.25) is 24.0 Å². The predicted octanol–water partition coefficient (Wildman–Crippen LogP) is 11.7. The number of anilines is 5. The maximum Gasteiger partial charge on any atom is 0.416 e. The fourth-order valence-corrected chi connectivity index (χ4v) is 13.7. The van der Waals surface area contributed by atoms with Gasteiger partial charge in [-0.1, -0.05) is 37.4 Å². The van der Waals surface area contributed by atoms with E-state index in [-0.39, 0.29) is 66.8 Å². The average molecular weight is 1450 g/mol. The van der Waals surface area contributed by atoms with Gasteiger partial charge in [0.1, 0.15) is 13.2 Å². The van der Waals surface area contributed by atoms with Crippen molar-refractivity contribution in [1.82, 2.24) is 18.9 Å². The number of ether oxygens (including phenoxy) is 10. The Hall–Kier alpha value is -9.99. The fourth-order valence-electron chi connectivity index (χ4n) is 13.7. The molecule has 28 nitrogen and oxygen atoms in total. The number of nitrogens with one attached hydrogen (secondary N) is 2. The number of unbranched alkanes of at least 4 members (excludes halogenated alkanes) is 4. The Balaban J connectivity index is 0.000000239. The van der Waals surface area contributed by atoms with E-state index in [1.54, 1.807) is 65.2 Å². The summed E-state index contributed by atoms with van der Waals surface area (Å²) in [4.78, 5) is 117. The zero-order valence-corrected chi connectivity index (χ0v) is 60.6. The van der Waals surface area contributed by atoms with Crippen LogP contribution in [0.2, 0.25) is 0 Å². The second-order valence-corrected chi connectivity index (χ2v) is 26.4. The lowest BCUT2D eigenvalue weighted by Gasteiger charge is -2.42. The molecule has 0 bridgehead atoms. The topological polar surface area (TPSA) is 319 Å². The molecule has 4 fully saturated rings. The second kappa shape index (κ2) is 39.8. The molecule has 4 saturated heterocycles. The van der Waals surface area contributed by atoms with E-state index in [0.29, 0.717) is 167 Å². The Morgan fingerprint density at radius 2 is 1.07 bits per heavy atom. The summed E-state index contributed by atoms with van der Waals surface area (Å²) in [6.07, 6.45) is 19.7. The van der Waals surface area contributed by atoms with Crippen LogP contribution in [-0.4, -0.2) is 171 Å². The minimum absolute atomic E-state index is 0.00251. The summed E-state index contributed by atoms with van der Waals surface area (Å²) in [5.41, 5.74) is 10.3. The summed E-state index contributed by atoms with van der Waals surface area (Å²) in [5, 5.41) is 5.80. The van der Waals surface area contributed by atoms with Gasteiger partial charge < -0.3 is 82.7 Å². The smallest absolute Gasteiger partial charge is 0.416 e. The van der Waals surface area contributed by atoms with Crippen LogP contribution in [0, 0.1) is 0 Å². The van der Waals surface area contributed by atoms with Crippen molar-refractivity contribution in [2.24, 2.45) is 14.1 Å². The maximum atomic E-state index is 14.2. The molecular weight excluding hydrogens is 1350 g/mol. The van der Waals surface area contributed by atoms with Gasteiger partial charge in [0, 0.05) is 96.1 Å². The largest absolute Gasteiger partial charge is 0.493 e. The van der Waals surface area contributed by atoms with Crippen molar-refractivity contribution in [2.45, 2.75) is 172 Å². The number of ketones is 1. The van der Waals surface area contributed by atoms with Crippen molar-refractivity contribution < 1.29 is 90.5 Å². The van der Waals surface area contributed by atoms with E-state index in [1.165, 1.54) is 36.2 Å². The number of benzene rings is 3. The molecule has 0 saturated carbocycles. The molecule has 11 rings (SSSR count). The van der Waals surface area contributed by atoms with Gasteiger partial charge in [-0.15, -0.1) is 0 Å². The van der Waals surface area contributed by atoms with Crippen LogP contribution < -0.4 is 45.1 Å². The molecule has 2 aromatic heterocycles. The molecule has 6 aliphatic rings. The normalized spacial score (nSPS) is 19.6. The van der Waals surface area contributed by atoms with Crippen LogP contribution in [0.15, 0.2) is 105 Å². The van der Waals surface area contributed by atoms with Gasteiger partial charge in [-0.05, 0) is 158 Å². The quantitative estimate of drug-likeness (QED) is 0.0173. The average Bonchev–Trinajstić information content (AvgIpc) is 1.64. The lowest BCUT2D eigenvalue weighted by atomic mass is 10.00. The Labute approximate surface area is 612 Å². The van der Waals surface area contributed by atoms with Crippen molar-refractivity contribution >= 4 is 76.2 Å². The van der Waals surface area contributed by atoms with E-state index in [2.05, 4.69) is 23.8 Å². The Morgan fingerprint density at radius 3 is 1.50 bits per heavy atom. The number of nitrogens with zero attached hydrogens (tertiary/aromatic N) is 6. The number of piperidine rings is 2. The molecule has 8 heterocycles. The van der Waals surface area contributed by atoms with Crippen LogP contribution in [-0.2, 0) is 68.1 Å². The molecule has 6 atom stereocenters. The van der Waals surface area contributed by atoms with Gasteiger partial charge in [-0.25, -0.2) is 19.4 Å². The highest BCUT2D eigenvalue weighted by Crippen LogP contribution is 2.45. The van der Waals surface area contributed by atoms with Crippen LogP contribution in [0.1, 0.15) is 165 Å². The monoisotopic (exact) mass is 1450 g/mol. The zero-order chi connectivity index (χ0) is 74.8. The van der Waals surface area contributed by atoms with Crippen LogP contribution in [0.4, 0.5) is 38.0 Å².